The third-order valence-electron chi connectivity index (χ3n) is 9.46. The summed E-state index contributed by atoms with van der Waals surface area (Å²) in [4.78, 5) is 63.0. The van der Waals surface area contributed by atoms with Crippen molar-refractivity contribution in [3.8, 4) is 11.5 Å². The van der Waals surface area contributed by atoms with Gasteiger partial charge in [-0.25, -0.2) is 14.4 Å². The first-order valence-electron chi connectivity index (χ1n) is 20.4. The van der Waals surface area contributed by atoms with Crippen molar-refractivity contribution in [1.29, 1.82) is 0 Å². The molecule has 1 aliphatic rings. The molecule has 1 aromatic carbocycles. The molecule has 0 bridgehead atoms. The zero-order chi connectivity index (χ0) is 43.6. The topological polar surface area (TPSA) is 167 Å². The van der Waals surface area contributed by atoms with Crippen LogP contribution in [0, 0.1) is 6.92 Å². The van der Waals surface area contributed by atoms with E-state index in [1.807, 2.05) is 25.2 Å². The number of benzene rings is 1. The number of methoxy groups -OCH3 is 2. The average Bonchev–Trinajstić information content (AvgIpc) is 3.61. The third-order valence-corrected chi connectivity index (χ3v) is 9.46. The van der Waals surface area contributed by atoms with E-state index in [1.54, 1.807) is 6.92 Å². The van der Waals surface area contributed by atoms with Crippen LogP contribution in [0.3, 0.4) is 0 Å². The smallest absolute Gasteiger partial charge is 0.342 e. The molecule has 0 saturated carbocycles. The van der Waals surface area contributed by atoms with Gasteiger partial charge in [0.1, 0.15) is 35.8 Å². The fourth-order valence-electron chi connectivity index (χ4n) is 6.04. The predicted octanol–water partition coefficient (Wildman–Crippen LogP) is 8.22. The molecule has 1 aromatic rings. The number of carbonyl (C=O) groups is 5. The molecule has 0 radical (unpaired) electrons. The van der Waals surface area contributed by atoms with Crippen molar-refractivity contribution in [3.63, 3.8) is 0 Å². The van der Waals surface area contributed by atoms with Crippen molar-refractivity contribution in [3.05, 3.63) is 107 Å². The van der Waals surface area contributed by atoms with Crippen molar-refractivity contribution in [2.45, 2.75) is 130 Å². The quantitative estimate of drug-likeness (QED) is 0.0471. The summed E-state index contributed by atoms with van der Waals surface area (Å²) in [7, 11) is 2.67. The largest absolute Gasteiger partial charge is 0.507 e. The first-order chi connectivity index (χ1) is 28.4. The van der Waals surface area contributed by atoms with Crippen molar-refractivity contribution in [1.82, 2.24) is 10.6 Å². The number of allylic oxidation sites excluding steroid dienone is 14. The highest BCUT2D eigenvalue weighted by atomic mass is 16.6. The second-order valence-corrected chi connectivity index (χ2v) is 14.1. The molecule has 0 saturated heterocycles. The molecule has 2 amide bonds. The minimum Gasteiger partial charge on any atom is -0.507 e. The van der Waals surface area contributed by atoms with Gasteiger partial charge in [0, 0.05) is 24.0 Å². The van der Waals surface area contributed by atoms with E-state index in [2.05, 4.69) is 78.3 Å². The lowest BCUT2D eigenvalue weighted by atomic mass is 9.94. The Bertz CT molecular complexity index is 1780. The summed E-state index contributed by atoms with van der Waals surface area (Å²) >= 11 is 0. The molecule has 322 valence electrons. The van der Waals surface area contributed by atoms with Crippen LogP contribution in [-0.4, -0.2) is 67.2 Å². The average molecular weight is 817 g/mol. The highest BCUT2D eigenvalue weighted by Gasteiger charge is 2.33. The van der Waals surface area contributed by atoms with Gasteiger partial charge in [0.25, 0.3) is 0 Å². The van der Waals surface area contributed by atoms with Gasteiger partial charge in [0.2, 0.25) is 11.8 Å². The van der Waals surface area contributed by atoms with E-state index in [1.165, 1.54) is 28.1 Å². The molecule has 0 aliphatic carbocycles. The molecular formula is C47H64N2O10. The van der Waals surface area contributed by atoms with E-state index in [0.717, 1.165) is 49.7 Å². The van der Waals surface area contributed by atoms with Crippen LogP contribution in [0.25, 0.3) is 0 Å². The Morgan fingerprint density at radius 3 is 1.86 bits per heavy atom. The van der Waals surface area contributed by atoms with Crippen LogP contribution in [0.4, 0.5) is 0 Å². The SMILES string of the molecule is CC/C=C\C/C=C\C/C=C\C/C=C\C/C=C\C/C=C\CCC(=O)NC(C(=O)OC)C(C)OC(=O)C(C)NC(=O)CC/C(C)=C/Cc1c(O)c2c(c(C)c1OC)COC2=O. The van der Waals surface area contributed by atoms with Gasteiger partial charge in [0.15, 0.2) is 6.04 Å². The summed E-state index contributed by atoms with van der Waals surface area (Å²) in [5.41, 5.74) is 2.76. The number of rotatable bonds is 26. The number of hydrogen-bond donors (Lipinski definition) is 3. The molecule has 3 atom stereocenters. The summed E-state index contributed by atoms with van der Waals surface area (Å²) in [6.07, 6.45) is 32.8. The minimum absolute atomic E-state index is 0.0613. The molecule has 59 heavy (non-hydrogen) atoms. The Kier molecular flexibility index (Phi) is 23.4. The van der Waals surface area contributed by atoms with Crippen molar-refractivity contribution in [2.24, 2.45) is 0 Å². The molecule has 0 spiro atoms. The number of hydrogen-bond acceptors (Lipinski definition) is 10. The molecule has 3 N–H and O–H groups in total. The van der Waals surface area contributed by atoms with Crippen LogP contribution < -0.4 is 15.4 Å². The summed E-state index contributed by atoms with van der Waals surface area (Å²) < 4.78 is 20.9. The molecule has 0 aromatic heterocycles. The third kappa shape index (κ3) is 17.8. The normalized spacial score (nSPS) is 14.7. The van der Waals surface area contributed by atoms with Gasteiger partial charge in [-0.15, -0.1) is 0 Å². The van der Waals surface area contributed by atoms with Crippen LogP contribution in [0.2, 0.25) is 0 Å². The molecule has 1 heterocycles. The van der Waals surface area contributed by atoms with Crippen molar-refractivity contribution < 1.29 is 48.0 Å². The lowest BCUT2D eigenvalue weighted by Crippen LogP contribution is -2.51. The number of cyclic esters (lactones) is 1. The standard InChI is InChI=1S/C47H64N2O10/c1-8-9-10-11-12-13-14-15-16-17-18-19-20-21-22-23-24-25-26-27-39(50)49-42(47(55)57-7)36(5)59-45(53)35(4)48-40(51)31-29-33(2)28-30-37-43(52)41-38(32-58-46(41)54)34(3)44(37)56-6/h9-10,12-13,15-16,18-19,21-22,24-25,28,35-36,42,52H,8,11,14,17,20,23,26-27,29-32H2,1-7H3,(H,48,51)(H,49,50)/b10-9-,13-12-,16-15-,19-18-,22-21-,25-24-,33-28+. The van der Waals surface area contributed by atoms with Gasteiger partial charge >= 0.3 is 17.9 Å². The van der Waals surface area contributed by atoms with Crippen molar-refractivity contribution in [2.75, 3.05) is 14.2 Å². The highest BCUT2D eigenvalue weighted by Crippen LogP contribution is 2.42. The van der Waals surface area contributed by atoms with Gasteiger partial charge in [-0.2, -0.15) is 0 Å². The summed E-state index contributed by atoms with van der Waals surface area (Å²) in [6.45, 7) is 8.77. The molecule has 12 heteroatoms. The zero-order valence-corrected chi connectivity index (χ0v) is 35.8. The first kappa shape index (κ1) is 49.5. The monoisotopic (exact) mass is 816 g/mol. The minimum atomic E-state index is -1.24. The number of carbonyl (C=O) groups excluding carboxylic acids is 5. The van der Waals surface area contributed by atoms with Gasteiger partial charge in [-0.05, 0) is 91.0 Å². The number of phenols is 1. The van der Waals surface area contributed by atoms with Crippen LogP contribution in [-0.2, 0) is 46.4 Å². The number of fused-ring (bicyclic) bond motifs is 1. The van der Waals surface area contributed by atoms with Crippen LogP contribution >= 0.6 is 0 Å². The maximum absolute atomic E-state index is 12.9. The number of amides is 2. The first-order valence-corrected chi connectivity index (χ1v) is 20.4. The molecule has 0 fully saturated rings. The summed E-state index contributed by atoms with van der Waals surface area (Å²) in [5, 5.41) is 16.0. The number of esters is 3. The fourth-order valence-corrected chi connectivity index (χ4v) is 6.04. The van der Waals surface area contributed by atoms with Gasteiger partial charge in [-0.1, -0.05) is 91.5 Å². The van der Waals surface area contributed by atoms with E-state index in [9.17, 15) is 29.1 Å². The van der Waals surface area contributed by atoms with Crippen LogP contribution in [0.5, 0.6) is 11.5 Å². The fraction of sp³-hybridized carbons (Fsp3) is 0.468. The van der Waals surface area contributed by atoms with E-state index in [-0.39, 0.29) is 37.2 Å². The Balaban J connectivity index is 1.73. The Morgan fingerprint density at radius 1 is 0.780 bits per heavy atom. The van der Waals surface area contributed by atoms with E-state index in [0.29, 0.717) is 29.7 Å². The van der Waals surface area contributed by atoms with Crippen LogP contribution in [0.15, 0.2) is 84.6 Å². The maximum Gasteiger partial charge on any atom is 0.342 e. The van der Waals surface area contributed by atoms with Gasteiger partial charge < -0.3 is 34.7 Å². The predicted molar refractivity (Wildman–Crippen MR) is 230 cm³/mol. The van der Waals surface area contributed by atoms with Crippen molar-refractivity contribution >= 4 is 29.7 Å². The van der Waals surface area contributed by atoms with E-state index in [4.69, 9.17) is 18.9 Å². The van der Waals surface area contributed by atoms with Crippen LogP contribution in [0.1, 0.15) is 119 Å². The molecule has 1 aliphatic heterocycles. The summed E-state index contributed by atoms with van der Waals surface area (Å²) in [6, 6.07) is -2.28. The summed E-state index contributed by atoms with van der Waals surface area (Å²) in [5.74, 6) is -2.66. The molecule has 3 unspecified atom stereocenters. The number of ether oxygens (including phenoxy) is 4. The molecular weight excluding hydrogens is 753 g/mol. The Hall–Kier alpha value is -5.65. The second kappa shape index (κ2) is 27.9. The van der Waals surface area contributed by atoms with E-state index < -0.39 is 47.9 Å². The van der Waals surface area contributed by atoms with E-state index >= 15 is 0 Å². The lowest BCUT2D eigenvalue weighted by Gasteiger charge is -2.24. The van der Waals surface area contributed by atoms with Gasteiger partial charge in [-0.3, -0.25) is 9.59 Å². The second-order valence-electron chi connectivity index (χ2n) is 14.1. The lowest BCUT2D eigenvalue weighted by molar-refractivity contribution is -0.159. The van der Waals surface area contributed by atoms with Gasteiger partial charge in [0.05, 0.1) is 14.2 Å². The Morgan fingerprint density at radius 2 is 1.32 bits per heavy atom. The number of nitrogens with one attached hydrogen (secondary N) is 2. The molecule has 2 rings (SSSR count). The highest BCUT2D eigenvalue weighted by molar-refractivity contribution is 5.98. The zero-order valence-electron chi connectivity index (χ0n) is 35.8. The maximum atomic E-state index is 12.9. The number of phenolic OH excluding ortho intramolecular Hbond substituents is 1. The Labute approximate surface area is 350 Å². The number of aromatic hydroxyl groups is 1. The molecule has 12 nitrogen and oxygen atoms in total.